The van der Waals surface area contributed by atoms with Gasteiger partial charge in [-0.1, -0.05) is 0 Å². The molecule has 5 atom stereocenters. The van der Waals surface area contributed by atoms with Crippen LogP contribution in [0.2, 0.25) is 0 Å². The van der Waals surface area contributed by atoms with Crippen molar-refractivity contribution in [1.29, 1.82) is 0 Å². The number of nitrogens with one attached hydrogen (secondary N) is 1. The molecule has 4 aliphatic rings. The van der Waals surface area contributed by atoms with Crippen LogP contribution in [-0.2, 0) is 9.47 Å². The SMILES string of the molecule is COC(=O)N1CCC2C(C1)N=C(C)N2CC1CC2CCC(C1)N2CC[C@H](NC(=O)OC(C)(C)C)c1ccsc1. The quantitative estimate of drug-likeness (QED) is 0.512. The number of alkyl carbamates (subject to hydrolysis) is 1. The highest BCUT2D eigenvalue weighted by Crippen LogP contribution is 2.40. The summed E-state index contributed by atoms with van der Waals surface area (Å²) < 4.78 is 10.5. The Hall–Kier alpha value is -2.33. The first-order chi connectivity index (χ1) is 18.6. The molecule has 0 aromatic carbocycles. The van der Waals surface area contributed by atoms with Crippen molar-refractivity contribution < 1.29 is 19.1 Å². The zero-order valence-corrected chi connectivity index (χ0v) is 24.9. The molecule has 5 heterocycles. The molecule has 3 fully saturated rings. The fourth-order valence-electron chi connectivity index (χ4n) is 7.23. The number of carbonyl (C=O) groups is 2. The number of amides is 2. The van der Waals surface area contributed by atoms with E-state index in [1.54, 1.807) is 16.2 Å². The fourth-order valence-corrected chi connectivity index (χ4v) is 7.94. The molecule has 39 heavy (non-hydrogen) atoms. The number of piperidine rings is 2. The minimum absolute atomic E-state index is 0.0422. The van der Waals surface area contributed by atoms with Crippen LogP contribution < -0.4 is 5.32 Å². The number of aliphatic imine (C=N–C) groups is 1. The van der Waals surface area contributed by atoms with Gasteiger partial charge in [0.05, 0.1) is 31.1 Å². The summed E-state index contributed by atoms with van der Waals surface area (Å²) in [6.45, 7) is 11.3. The molecule has 2 bridgehead atoms. The van der Waals surface area contributed by atoms with Gasteiger partial charge in [-0.3, -0.25) is 9.89 Å². The largest absolute Gasteiger partial charge is 0.453 e. The summed E-state index contributed by atoms with van der Waals surface area (Å²) in [6, 6.07) is 3.83. The number of amidine groups is 1. The second-order valence-electron chi connectivity index (χ2n) is 12.7. The van der Waals surface area contributed by atoms with E-state index in [4.69, 9.17) is 14.5 Å². The summed E-state index contributed by atoms with van der Waals surface area (Å²) in [5, 5.41) is 7.34. The van der Waals surface area contributed by atoms with Crippen molar-refractivity contribution in [1.82, 2.24) is 20.0 Å². The molecule has 216 valence electrons. The lowest BCUT2D eigenvalue weighted by atomic mass is 9.88. The van der Waals surface area contributed by atoms with Gasteiger partial charge in [0.1, 0.15) is 5.60 Å². The average Bonchev–Trinajstić information content (AvgIpc) is 3.57. The van der Waals surface area contributed by atoms with Crippen LogP contribution in [0.25, 0.3) is 0 Å². The minimum atomic E-state index is -0.513. The molecule has 0 spiro atoms. The zero-order valence-electron chi connectivity index (χ0n) is 24.1. The smallest absolute Gasteiger partial charge is 0.409 e. The summed E-state index contributed by atoms with van der Waals surface area (Å²) in [6.07, 6.45) is 6.19. The Morgan fingerprint density at radius 3 is 2.59 bits per heavy atom. The maximum atomic E-state index is 12.6. The molecule has 4 aliphatic heterocycles. The first kappa shape index (κ1) is 28.2. The zero-order chi connectivity index (χ0) is 27.7. The van der Waals surface area contributed by atoms with E-state index in [2.05, 4.69) is 38.9 Å². The van der Waals surface area contributed by atoms with Crippen LogP contribution in [0.1, 0.15) is 77.8 Å². The topological polar surface area (TPSA) is 86.7 Å². The Morgan fingerprint density at radius 1 is 1.21 bits per heavy atom. The van der Waals surface area contributed by atoms with E-state index in [1.165, 1.54) is 32.8 Å². The van der Waals surface area contributed by atoms with Crippen LogP contribution in [0.15, 0.2) is 21.8 Å². The molecule has 1 N–H and O–H groups in total. The number of fused-ring (bicyclic) bond motifs is 3. The van der Waals surface area contributed by atoms with Crippen molar-refractivity contribution in [3.05, 3.63) is 22.4 Å². The number of carbonyl (C=O) groups excluding carboxylic acids is 2. The normalized spacial score (nSPS) is 29.6. The van der Waals surface area contributed by atoms with Crippen molar-refractivity contribution in [3.63, 3.8) is 0 Å². The molecule has 2 amide bonds. The van der Waals surface area contributed by atoms with Gasteiger partial charge in [0, 0.05) is 38.3 Å². The number of likely N-dealkylation sites (tertiary alicyclic amines) is 1. The highest BCUT2D eigenvalue weighted by Gasteiger charge is 2.44. The molecule has 3 saturated heterocycles. The maximum Gasteiger partial charge on any atom is 0.409 e. The maximum absolute atomic E-state index is 12.6. The van der Waals surface area contributed by atoms with Crippen LogP contribution in [0.5, 0.6) is 0 Å². The van der Waals surface area contributed by atoms with Gasteiger partial charge in [0.2, 0.25) is 0 Å². The molecule has 9 nitrogen and oxygen atoms in total. The highest BCUT2D eigenvalue weighted by atomic mass is 32.1. The van der Waals surface area contributed by atoms with E-state index in [9.17, 15) is 9.59 Å². The number of methoxy groups -OCH3 is 1. The Labute approximate surface area is 236 Å². The summed E-state index contributed by atoms with van der Waals surface area (Å²) in [7, 11) is 1.45. The second-order valence-corrected chi connectivity index (χ2v) is 13.5. The summed E-state index contributed by atoms with van der Waals surface area (Å²) in [5.41, 5.74) is 0.644. The molecule has 1 aromatic rings. The lowest BCUT2D eigenvalue weighted by molar-refractivity contribution is 0.0482. The van der Waals surface area contributed by atoms with E-state index in [0.717, 1.165) is 43.9 Å². The van der Waals surface area contributed by atoms with Crippen molar-refractivity contribution in [2.24, 2.45) is 10.9 Å². The summed E-state index contributed by atoms with van der Waals surface area (Å²) in [4.78, 5) is 36.6. The van der Waals surface area contributed by atoms with Gasteiger partial charge < -0.3 is 24.6 Å². The third-order valence-corrected chi connectivity index (χ3v) is 9.60. The molecule has 0 radical (unpaired) electrons. The predicted molar refractivity (Wildman–Crippen MR) is 153 cm³/mol. The first-order valence-corrected chi connectivity index (χ1v) is 15.5. The third kappa shape index (κ3) is 6.53. The standard InChI is InChI=1S/C29H45N5O4S/c1-19-30-25-17-32(28(36)37-5)11-9-26(25)34(19)16-20-14-22-6-7-23(15-20)33(22)12-8-24(21-10-13-39-18-21)31-27(35)38-29(2,3)4/h10,13,18,20,22-26H,6-9,11-12,14-17H2,1-5H3,(H,31,35)/t20?,22?,23?,24-,25?,26?/m0/s1. The van der Waals surface area contributed by atoms with E-state index in [-0.39, 0.29) is 24.3 Å². The number of rotatable bonds is 7. The first-order valence-electron chi connectivity index (χ1n) is 14.5. The van der Waals surface area contributed by atoms with Gasteiger partial charge >= 0.3 is 12.2 Å². The van der Waals surface area contributed by atoms with Crippen molar-refractivity contribution in [3.8, 4) is 0 Å². The van der Waals surface area contributed by atoms with E-state index < -0.39 is 5.60 Å². The van der Waals surface area contributed by atoms with Crippen LogP contribution in [0.4, 0.5) is 9.59 Å². The Bertz CT molecular complexity index is 1030. The molecular weight excluding hydrogens is 514 g/mol. The van der Waals surface area contributed by atoms with Gasteiger partial charge in [-0.15, -0.1) is 0 Å². The molecule has 5 rings (SSSR count). The molecule has 10 heteroatoms. The molecule has 4 unspecified atom stereocenters. The lowest BCUT2D eigenvalue weighted by Gasteiger charge is -2.43. The Balaban J connectivity index is 1.15. The Morgan fingerprint density at radius 2 is 1.95 bits per heavy atom. The minimum Gasteiger partial charge on any atom is -0.453 e. The lowest BCUT2D eigenvalue weighted by Crippen LogP contribution is -2.53. The molecular formula is C29H45N5O4S. The predicted octanol–water partition coefficient (Wildman–Crippen LogP) is 4.89. The highest BCUT2D eigenvalue weighted by molar-refractivity contribution is 7.08. The molecule has 0 saturated carbocycles. The number of thiophene rings is 1. The summed E-state index contributed by atoms with van der Waals surface area (Å²) in [5.74, 6) is 1.78. The van der Waals surface area contributed by atoms with Crippen LogP contribution in [0.3, 0.4) is 0 Å². The second kappa shape index (κ2) is 11.6. The van der Waals surface area contributed by atoms with Gasteiger partial charge in [0.15, 0.2) is 0 Å². The fraction of sp³-hybridized carbons (Fsp3) is 0.759. The molecule has 0 aliphatic carbocycles. The Kier molecular flexibility index (Phi) is 8.42. The number of hydrogen-bond donors (Lipinski definition) is 1. The number of nitrogens with zero attached hydrogens (tertiary/aromatic N) is 4. The van der Waals surface area contributed by atoms with Crippen molar-refractivity contribution >= 4 is 29.4 Å². The summed E-state index contributed by atoms with van der Waals surface area (Å²) >= 11 is 1.66. The van der Waals surface area contributed by atoms with E-state index in [0.29, 0.717) is 30.6 Å². The van der Waals surface area contributed by atoms with Crippen molar-refractivity contribution in [2.75, 3.05) is 33.3 Å². The average molecular weight is 560 g/mol. The van der Waals surface area contributed by atoms with Gasteiger partial charge in [-0.05, 0) is 94.5 Å². The number of hydrogen-bond acceptors (Lipinski definition) is 8. The van der Waals surface area contributed by atoms with Gasteiger partial charge in [-0.2, -0.15) is 11.3 Å². The van der Waals surface area contributed by atoms with Gasteiger partial charge in [0.25, 0.3) is 0 Å². The van der Waals surface area contributed by atoms with E-state index >= 15 is 0 Å². The van der Waals surface area contributed by atoms with Crippen molar-refractivity contribution in [2.45, 2.75) is 102 Å². The number of ether oxygens (including phenoxy) is 2. The third-order valence-electron chi connectivity index (χ3n) is 8.90. The molecule has 1 aromatic heterocycles. The monoisotopic (exact) mass is 559 g/mol. The van der Waals surface area contributed by atoms with Gasteiger partial charge in [-0.25, -0.2) is 9.59 Å². The van der Waals surface area contributed by atoms with Crippen LogP contribution >= 0.6 is 11.3 Å². The van der Waals surface area contributed by atoms with Crippen LogP contribution in [-0.4, -0.2) is 95.8 Å². The van der Waals surface area contributed by atoms with E-state index in [1.807, 2.05) is 20.8 Å². The van der Waals surface area contributed by atoms with Crippen LogP contribution in [0, 0.1) is 5.92 Å².